The van der Waals surface area contributed by atoms with Crippen LogP contribution in [0.2, 0.25) is 0 Å². The molecule has 0 saturated carbocycles. The number of fused-ring (bicyclic) bond motifs is 11. The molecule has 8 aromatic carbocycles. The highest BCUT2D eigenvalue weighted by Crippen LogP contribution is 2.46. The first kappa shape index (κ1) is 25.5. The predicted octanol–water partition coefficient (Wildman–Crippen LogP) is 12.7. The average Bonchev–Trinajstić information content (AvgIpc) is 3.80. The van der Waals surface area contributed by atoms with Crippen molar-refractivity contribution in [3.05, 3.63) is 158 Å². The van der Waals surface area contributed by atoms with Gasteiger partial charge >= 0.3 is 0 Å². The van der Waals surface area contributed by atoms with Gasteiger partial charge < -0.3 is 13.4 Å². The number of benzene rings is 8. The average molecular weight is 623 g/mol. The van der Waals surface area contributed by atoms with Crippen LogP contribution in [0.1, 0.15) is 0 Å². The molecule has 0 aliphatic rings. The number of nitrogens with zero attached hydrogens (tertiary/aromatic N) is 2. The lowest BCUT2D eigenvalue weighted by molar-refractivity contribution is 0.669. The maximum atomic E-state index is 6.22. The van der Waals surface area contributed by atoms with Crippen LogP contribution in [0.25, 0.3) is 109 Å². The number of aromatic nitrogens is 2. The Balaban J connectivity index is 1.19. The van der Waals surface area contributed by atoms with E-state index in [1.165, 1.54) is 81.8 Å². The molecule has 12 rings (SSSR count). The van der Waals surface area contributed by atoms with Gasteiger partial charge in [0.15, 0.2) is 0 Å². The first-order valence-corrected chi connectivity index (χ1v) is 16.9. The molecule has 0 aliphatic carbocycles. The quantitative estimate of drug-likeness (QED) is 0.188. The van der Waals surface area contributed by atoms with Crippen LogP contribution in [0.15, 0.2) is 162 Å². The third kappa shape index (κ3) is 3.17. The maximum Gasteiger partial charge on any atom is 0.136 e. The van der Waals surface area contributed by atoms with Crippen molar-refractivity contribution in [2.24, 2.45) is 0 Å². The molecule has 0 amide bonds. The molecule has 3 heteroatoms. The SMILES string of the molecule is c1ccc2c(c1)ccc1c2c2ccc3c4c5c(cccc5n3-c3ccc(-c5cccc6oc7ccccc7c56)cc3)c3ccccc3n1c24. The molecular formula is C46H26N2O. The second kappa shape index (κ2) is 9.06. The number of hydrogen-bond acceptors (Lipinski definition) is 1. The largest absolute Gasteiger partial charge is 0.456 e. The number of hydrogen-bond donors (Lipinski definition) is 0. The Morgan fingerprint density at radius 3 is 1.98 bits per heavy atom. The van der Waals surface area contributed by atoms with Crippen LogP contribution in [0.3, 0.4) is 0 Å². The molecule has 0 bridgehead atoms. The maximum absolute atomic E-state index is 6.22. The summed E-state index contributed by atoms with van der Waals surface area (Å²) in [6, 6.07) is 57.5. The summed E-state index contributed by atoms with van der Waals surface area (Å²) in [5.74, 6) is 0. The Morgan fingerprint density at radius 1 is 0.367 bits per heavy atom. The van der Waals surface area contributed by atoms with E-state index in [1.54, 1.807) is 0 Å². The third-order valence-electron chi connectivity index (χ3n) is 10.8. The standard InChI is InChI=1S/C46H26N2O/c1-2-10-30-27(9-1)21-25-38-42(30)35-24-26-39-45-44-33(32-11-3-5-15-36(32)48(38)46(35)45)14-7-16-37(44)47(39)29-22-19-28(20-23-29)31-13-8-18-41-43(31)34-12-4-6-17-40(34)49-41/h1-26H. The smallest absolute Gasteiger partial charge is 0.136 e. The minimum absolute atomic E-state index is 0.916. The Hall–Kier alpha value is -6.58. The van der Waals surface area contributed by atoms with Crippen molar-refractivity contribution in [1.82, 2.24) is 8.97 Å². The van der Waals surface area contributed by atoms with Crippen LogP contribution < -0.4 is 0 Å². The molecule has 0 fully saturated rings. The monoisotopic (exact) mass is 622 g/mol. The van der Waals surface area contributed by atoms with Crippen LogP contribution in [0.5, 0.6) is 0 Å². The van der Waals surface area contributed by atoms with Crippen molar-refractivity contribution in [2.45, 2.75) is 0 Å². The van der Waals surface area contributed by atoms with Crippen molar-refractivity contribution in [1.29, 1.82) is 0 Å². The van der Waals surface area contributed by atoms with Crippen molar-refractivity contribution in [3.63, 3.8) is 0 Å². The van der Waals surface area contributed by atoms with E-state index >= 15 is 0 Å². The van der Waals surface area contributed by atoms with E-state index in [4.69, 9.17) is 4.42 Å². The fourth-order valence-electron chi connectivity index (χ4n) is 8.87. The molecule has 0 spiro atoms. The zero-order valence-electron chi connectivity index (χ0n) is 26.3. The molecule has 226 valence electrons. The minimum atomic E-state index is 0.916. The lowest BCUT2D eigenvalue weighted by Crippen LogP contribution is -1.94. The topological polar surface area (TPSA) is 22.5 Å². The van der Waals surface area contributed by atoms with Crippen LogP contribution in [-0.2, 0) is 0 Å². The van der Waals surface area contributed by atoms with Crippen molar-refractivity contribution in [3.8, 4) is 16.8 Å². The molecule has 0 aliphatic heterocycles. The van der Waals surface area contributed by atoms with Gasteiger partial charge in [0, 0.05) is 43.4 Å². The number of para-hydroxylation sites is 2. The summed E-state index contributed by atoms with van der Waals surface area (Å²) in [7, 11) is 0. The molecule has 0 N–H and O–H groups in total. The minimum Gasteiger partial charge on any atom is -0.456 e. The van der Waals surface area contributed by atoms with Crippen LogP contribution in [-0.4, -0.2) is 8.97 Å². The van der Waals surface area contributed by atoms with Gasteiger partial charge in [-0.3, -0.25) is 0 Å². The number of furan rings is 1. The summed E-state index contributed by atoms with van der Waals surface area (Å²) in [6.07, 6.45) is 0. The van der Waals surface area contributed by atoms with Crippen LogP contribution in [0.4, 0.5) is 0 Å². The molecule has 3 nitrogen and oxygen atoms in total. The molecular weight excluding hydrogens is 597 g/mol. The summed E-state index contributed by atoms with van der Waals surface area (Å²) in [5.41, 5.74) is 11.5. The van der Waals surface area contributed by atoms with E-state index in [2.05, 4.69) is 155 Å². The molecule has 0 atom stereocenters. The van der Waals surface area contributed by atoms with Crippen molar-refractivity contribution < 1.29 is 4.42 Å². The van der Waals surface area contributed by atoms with E-state index < -0.39 is 0 Å². The molecule has 0 saturated heterocycles. The Bertz CT molecular complexity index is 3320. The Kier molecular flexibility index (Phi) is 4.72. The first-order chi connectivity index (χ1) is 24.3. The van der Waals surface area contributed by atoms with E-state index in [9.17, 15) is 0 Å². The van der Waals surface area contributed by atoms with E-state index in [0.717, 1.165) is 27.6 Å². The molecule has 4 heterocycles. The van der Waals surface area contributed by atoms with Gasteiger partial charge in [-0.25, -0.2) is 0 Å². The van der Waals surface area contributed by atoms with Gasteiger partial charge in [0.25, 0.3) is 0 Å². The van der Waals surface area contributed by atoms with E-state index in [1.807, 2.05) is 12.1 Å². The Labute approximate surface area is 279 Å². The van der Waals surface area contributed by atoms with E-state index in [0.29, 0.717) is 0 Å². The lowest BCUT2D eigenvalue weighted by atomic mass is 9.99. The van der Waals surface area contributed by atoms with Gasteiger partial charge in [0.05, 0.1) is 27.6 Å². The molecule has 12 aromatic rings. The second-order valence-corrected chi connectivity index (χ2v) is 13.2. The van der Waals surface area contributed by atoms with Gasteiger partial charge in [-0.05, 0) is 75.8 Å². The highest BCUT2D eigenvalue weighted by atomic mass is 16.3. The fourth-order valence-corrected chi connectivity index (χ4v) is 8.87. The summed E-state index contributed by atoms with van der Waals surface area (Å²) in [4.78, 5) is 0. The van der Waals surface area contributed by atoms with Crippen LogP contribution >= 0.6 is 0 Å². The van der Waals surface area contributed by atoms with E-state index in [-0.39, 0.29) is 0 Å². The molecule has 4 aromatic heterocycles. The lowest BCUT2D eigenvalue weighted by Gasteiger charge is -2.11. The van der Waals surface area contributed by atoms with Gasteiger partial charge in [0.1, 0.15) is 11.2 Å². The normalized spacial score (nSPS) is 12.5. The van der Waals surface area contributed by atoms with Gasteiger partial charge in [0.2, 0.25) is 0 Å². The summed E-state index contributed by atoms with van der Waals surface area (Å²) < 4.78 is 11.2. The van der Waals surface area contributed by atoms with Gasteiger partial charge in [-0.2, -0.15) is 0 Å². The first-order valence-electron chi connectivity index (χ1n) is 16.9. The molecule has 49 heavy (non-hydrogen) atoms. The fraction of sp³-hybridized carbons (Fsp3) is 0. The molecule has 0 unspecified atom stereocenters. The highest BCUT2D eigenvalue weighted by molar-refractivity contribution is 6.35. The highest BCUT2D eigenvalue weighted by Gasteiger charge is 2.23. The van der Waals surface area contributed by atoms with Crippen LogP contribution in [0, 0.1) is 0 Å². The summed E-state index contributed by atoms with van der Waals surface area (Å²) in [5, 5.41) is 12.6. The second-order valence-electron chi connectivity index (χ2n) is 13.2. The molecule has 0 radical (unpaired) electrons. The van der Waals surface area contributed by atoms with Crippen molar-refractivity contribution >= 4 is 92.6 Å². The summed E-state index contributed by atoms with van der Waals surface area (Å²) in [6.45, 7) is 0. The predicted molar refractivity (Wildman–Crippen MR) is 206 cm³/mol. The zero-order chi connectivity index (χ0) is 31.8. The third-order valence-corrected chi connectivity index (χ3v) is 10.8. The summed E-state index contributed by atoms with van der Waals surface area (Å²) >= 11 is 0. The van der Waals surface area contributed by atoms with Crippen molar-refractivity contribution in [2.75, 3.05) is 0 Å². The Morgan fingerprint density at radius 2 is 1.06 bits per heavy atom. The van der Waals surface area contributed by atoms with Gasteiger partial charge in [-0.15, -0.1) is 0 Å². The number of rotatable bonds is 2. The zero-order valence-corrected chi connectivity index (χ0v) is 26.3. The van der Waals surface area contributed by atoms with Gasteiger partial charge in [-0.1, -0.05) is 109 Å².